The van der Waals surface area contributed by atoms with Crippen molar-refractivity contribution in [3.63, 3.8) is 0 Å². The van der Waals surface area contributed by atoms with E-state index in [1.165, 1.54) is 12.1 Å². The summed E-state index contributed by atoms with van der Waals surface area (Å²) in [7, 11) is 0. The summed E-state index contributed by atoms with van der Waals surface area (Å²) in [5, 5.41) is 0. The molecule has 0 saturated carbocycles. The Morgan fingerprint density at radius 3 is 2.27 bits per heavy atom. The molecule has 0 radical (unpaired) electrons. The summed E-state index contributed by atoms with van der Waals surface area (Å²) in [4.78, 5) is 0. The summed E-state index contributed by atoms with van der Waals surface area (Å²) in [6.07, 6.45) is -4.36. The average molecular weight is 451 g/mol. The van der Waals surface area contributed by atoms with E-state index in [2.05, 4.69) is 0 Å². The van der Waals surface area contributed by atoms with Gasteiger partial charge in [-0.1, -0.05) is 30.3 Å². The second kappa shape index (κ2) is 8.88. The van der Waals surface area contributed by atoms with Crippen molar-refractivity contribution in [1.29, 1.82) is 0 Å². The van der Waals surface area contributed by atoms with Crippen molar-refractivity contribution < 1.29 is 34.7 Å². The van der Waals surface area contributed by atoms with E-state index in [0.29, 0.717) is 18.6 Å². The van der Waals surface area contributed by atoms with E-state index >= 15 is 0 Å². The lowest BCUT2D eigenvalue weighted by Crippen LogP contribution is -3.00. The summed E-state index contributed by atoms with van der Waals surface area (Å²) in [6.45, 7) is 3.30. The molecule has 3 rings (SSSR count). The van der Waals surface area contributed by atoms with E-state index in [4.69, 9.17) is 5.73 Å². The fourth-order valence-electron chi connectivity index (χ4n) is 3.08. The minimum absolute atomic E-state index is 0. The van der Waals surface area contributed by atoms with Crippen molar-refractivity contribution >= 4 is 23.4 Å². The van der Waals surface area contributed by atoms with Crippen LogP contribution in [0.2, 0.25) is 0 Å². The Morgan fingerprint density at radius 2 is 1.73 bits per heavy atom. The van der Waals surface area contributed by atoms with Crippen LogP contribution in [0.4, 0.5) is 13.2 Å². The van der Waals surface area contributed by atoms with E-state index < -0.39 is 11.7 Å². The highest BCUT2D eigenvalue weighted by molar-refractivity contribution is 5.85. The molecular formula is C18H20BrClF3N3. The van der Waals surface area contributed by atoms with Gasteiger partial charge in [0.2, 0.25) is 0 Å². The van der Waals surface area contributed by atoms with Crippen molar-refractivity contribution in [2.24, 2.45) is 5.73 Å². The first-order valence-electron chi connectivity index (χ1n) is 7.82. The van der Waals surface area contributed by atoms with Crippen LogP contribution in [0, 0.1) is 0 Å². The maximum Gasteiger partial charge on any atom is 0.416 e. The summed E-state index contributed by atoms with van der Waals surface area (Å²) >= 11 is 0. The Bertz CT molecular complexity index is 863. The van der Waals surface area contributed by atoms with Crippen molar-refractivity contribution in [2.75, 3.05) is 0 Å². The lowest BCUT2D eigenvalue weighted by atomic mass is 10.2. The first kappa shape index (κ1) is 22.5. The van der Waals surface area contributed by atoms with Gasteiger partial charge in [0.25, 0.3) is 5.82 Å². The minimum atomic E-state index is -4.36. The van der Waals surface area contributed by atoms with Crippen LogP contribution in [0.15, 0.2) is 48.5 Å². The van der Waals surface area contributed by atoms with E-state index in [0.717, 1.165) is 23.0 Å². The van der Waals surface area contributed by atoms with E-state index in [-0.39, 0.29) is 35.9 Å². The molecule has 3 nitrogen and oxygen atoms in total. The number of rotatable bonds is 4. The van der Waals surface area contributed by atoms with Crippen molar-refractivity contribution in [3.05, 3.63) is 65.5 Å². The van der Waals surface area contributed by atoms with Gasteiger partial charge in [0.1, 0.15) is 6.54 Å². The highest BCUT2D eigenvalue weighted by atomic mass is 79.9. The zero-order valence-corrected chi connectivity index (χ0v) is 16.5. The quantitative estimate of drug-likeness (QED) is 0.589. The van der Waals surface area contributed by atoms with Crippen LogP contribution in [0.25, 0.3) is 11.0 Å². The monoisotopic (exact) mass is 449 g/mol. The predicted octanol–water partition coefficient (Wildman–Crippen LogP) is 0.900. The number of alkyl halides is 3. The lowest BCUT2D eigenvalue weighted by Gasteiger charge is -2.05. The average Bonchev–Trinajstić information content (AvgIpc) is 2.87. The smallest absolute Gasteiger partial charge is 0.416 e. The first-order chi connectivity index (χ1) is 11.5. The normalized spacial score (nSPS) is 11.1. The molecule has 0 unspecified atom stereocenters. The minimum Gasteiger partial charge on any atom is -1.00 e. The molecule has 2 N–H and O–H groups in total. The third-order valence-electron chi connectivity index (χ3n) is 4.19. The van der Waals surface area contributed by atoms with Gasteiger partial charge in [-0.05, 0) is 24.6 Å². The molecule has 1 aromatic heterocycles. The first-order valence-corrected chi connectivity index (χ1v) is 7.82. The number of benzene rings is 2. The van der Waals surface area contributed by atoms with Crippen LogP contribution in [0.3, 0.4) is 0 Å². The van der Waals surface area contributed by atoms with Crippen LogP contribution in [0.5, 0.6) is 0 Å². The van der Waals surface area contributed by atoms with Crippen molar-refractivity contribution in [1.82, 2.24) is 4.57 Å². The summed E-state index contributed by atoms with van der Waals surface area (Å²) in [5.74, 6) is 0.815. The second-order valence-electron chi connectivity index (χ2n) is 5.64. The van der Waals surface area contributed by atoms with E-state index in [1.807, 2.05) is 46.4 Å². The standard InChI is InChI=1S/C18H19F3N3.BrH.ClH/c1-2-23-16-10-14(18(19,20)21)8-9-15(16)24(17(23)11-22)12-13-6-4-3-5-7-13;;/h3-10H,2,11-12,22H2,1H3;2*1H/q+1;;/p-1. The zero-order valence-electron chi connectivity index (χ0n) is 14.1. The van der Waals surface area contributed by atoms with Gasteiger partial charge in [-0.3, -0.25) is 0 Å². The molecule has 8 heteroatoms. The molecule has 0 bridgehead atoms. The molecule has 0 aliphatic carbocycles. The molecular weight excluding hydrogens is 431 g/mol. The third kappa shape index (κ3) is 4.22. The van der Waals surface area contributed by atoms with Crippen LogP contribution in [-0.2, 0) is 25.8 Å². The summed E-state index contributed by atoms with van der Waals surface area (Å²) < 4.78 is 43.0. The van der Waals surface area contributed by atoms with E-state index in [1.54, 1.807) is 0 Å². The van der Waals surface area contributed by atoms with E-state index in [9.17, 15) is 13.2 Å². The molecule has 0 aliphatic heterocycles. The topological polar surface area (TPSA) is 34.8 Å². The van der Waals surface area contributed by atoms with Gasteiger partial charge in [0.05, 0.1) is 18.7 Å². The fraction of sp³-hybridized carbons (Fsp3) is 0.278. The number of imidazole rings is 1. The van der Waals surface area contributed by atoms with Gasteiger partial charge >= 0.3 is 6.18 Å². The third-order valence-corrected chi connectivity index (χ3v) is 4.19. The van der Waals surface area contributed by atoms with Crippen LogP contribution in [0.1, 0.15) is 23.9 Å². The SMILES string of the molecule is CCn1c(CN)[n+](Cc2ccccc2)c2ccc(C(F)(F)F)cc21.Cl.[Br-]. The Kier molecular flexibility index (Phi) is 7.68. The highest BCUT2D eigenvalue weighted by Gasteiger charge is 2.33. The molecule has 2 aromatic carbocycles. The van der Waals surface area contributed by atoms with Crippen LogP contribution in [-0.4, -0.2) is 4.57 Å². The van der Waals surface area contributed by atoms with Gasteiger partial charge in [0, 0.05) is 6.07 Å². The van der Waals surface area contributed by atoms with Crippen molar-refractivity contribution in [3.8, 4) is 0 Å². The van der Waals surface area contributed by atoms with Gasteiger partial charge in [-0.2, -0.15) is 13.2 Å². The number of nitrogens with two attached hydrogens (primary N) is 1. The Balaban J connectivity index is 0.00000169. The molecule has 0 amide bonds. The Hall–Kier alpha value is -1.57. The summed E-state index contributed by atoms with van der Waals surface area (Å²) in [6, 6.07) is 13.7. The molecule has 0 atom stereocenters. The second-order valence-corrected chi connectivity index (χ2v) is 5.64. The zero-order chi connectivity index (χ0) is 17.3. The number of hydrogen-bond acceptors (Lipinski definition) is 1. The number of aryl methyl sites for hydroxylation is 1. The molecule has 0 saturated heterocycles. The largest absolute Gasteiger partial charge is 1.00 e. The van der Waals surface area contributed by atoms with Gasteiger partial charge in [0.15, 0.2) is 11.0 Å². The molecule has 26 heavy (non-hydrogen) atoms. The molecule has 0 fully saturated rings. The fourth-order valence-corrected chi connectivity index (χ4v) is 3.08. The molecule has 0 aliphatic rings. The molecule has 1 heterocycles. The Morgan fingerprint density at radius 1 is 1.08 bits per heavy atom. The molecule has 0 spiro atoms. The predicted molar refractivity (Wildman–Crippen MR) is 93.5 cm³/mol. The molecule has 3 aromatic rings. The van der Waals surface area contributed by atoms with Gasteiger partial charge in [-0.25, -0.2) is 9.13 Å². The van der Waals surface area contributed by atoms with Crippen LogP contribution >= 0.6 is 12.4 Å². The van der Waals surface area contributed by atoms with Gasteiger partial charge in [-0.15, -0.1) is 12.4 Å². The van der Waals surface area contributed by atoms with Gasteiger partial charge < -0.3 is 22.7 Å². The number of fused-ring (bicyclic) bond motifs is 1. The number of hydrogen-bond donors (Lipinski definition) is 1. The lowest BCUT2D eigenvalue weighted by molar-refractivity contribution is -0.671. The maximum atomic E-state index is 13.0. The highest BCUT2D eigenvalue weighted by Crippen LogP contribution is 2.31. The van der Waals surface area contributed by atoms with Crippen molar-refractivity contribution in [2.45, 2.75) is 32.7 Å². The number of nitrogens with zero attached hydrogens (tertiary/aromatic N) is 2. The Labute approximate surface area is 166 Å². The van der Waals surface area contributed by atoms with Crippen LogP contribution < -0.4 is 27.3 Å². The number of aromatic nitrogens is 2. The maximum absolute atomic E-state index is 13.0. The number of halogens is 5. The molecule has 142 valence electrons. The summed E-state index contributed by atoms with van der Waals surface area (Å²) in [5.41, 5.74) is 7.66.